The van der Waals surface area contributed by atoms with Crippen LogP contribution >= 0.6 is 0 Å². The Morgan fingerprint density at radius 3 is 2.41 bits per heavy atom. The number of sulfonamides is 1. The van der Waals surface area contributed by atoms with Crippen LogP contribution in [0.2, 0.25) is 0 Å². The Kier molecular flexibility index (Phi) is 5.20. The molecule has 17 heavy (non-hydrogen) atoms. The molecule has 1 aliphatic rings. The minimum atomic E-state index is -3.03. The summed E-state index contributed by atoms with van der Waals surface area (Å²) in [6, 6.07) is 0.297. The van der Waals surface area contributed by atoms with Crippen molar-refractivity contribution in [2.45, 2.75) is 25.8 Å². The highest BCUT2D eigenvalue weighted by Crippen LogP contribution is 2.12. The third-order valence-corrected chi connectivity index (χ3v) is 4.12. The lowest BCUT2D eigenvalue weighted by atomic mass is 10.1. The van der Waals surface area contributed by atoms with Gasteiger partial charge in [-0.25, -0.2) is 12.7 Å². The maximum absolute atomic E-state index is 11.3. The molecule has 0 amide bonds. The molecule has 2 N–H and O–H groups in total. The Morgan fingerprint density at radius 2 is 2.00 bits per heavy atom. The van der Waals surface area contributed by atoms with Crippen molar-refractivity contribution in [2.24, 2.45) is 4.99 Å². The number of hydrogen-bond donors (Lipinski definition) is 2. The van der Waals surface area contributed by atoms with Crippen LogP contribution in [0.1, 0.15) is 19.8 Å². The molecular formula is C10H22N4O2S. The third kappa shape index (κ3) is 4.51. The Hall–Kier alpha value is -0.820. The van der Waals surface area contributed by atoms with Crippen molar-refractivity contribution < 1.29 is 8.42 Å². The molecule has 0 aromatic heterocycles. The zero-order valence-electron chi connectivity index (χ0n) is 10.7. The molecule has 0 saturated carbocycles. The lowest BCUT2D eigenvalue weighted by Crippen LogP contribution is -2.49. The Balaban J connectivity index is 2.45. The van der Waals surface area contributed by atoms with Crippen LogP contribution in [-0.4, -0.2) is 57.7 Å². The van der Waals surface area contributed by atoms with E-state index in [-0.39, 0.29) is 0 Å². The number of nitrogens with one attached hydrogen (secondary N) is 2. The van der Waals surface area contributed by atoms with Gasteiger partial charge in [0.15, 0.2) is 5.96 Å². The highest BCUT2D eigenvalue weighted by molar-refractivity contribution is 7.88. The molecule has 0 unspecified atom stereocenters. The van der Waals surface area contributed by atoms with Crippen LogP contribution in [0.5, 0.6) is 0 Å². The van der Waals surface area contributed by atoms with Gasteiger partial charge < -0.3 is 10.6 Å². The average molecular weight is 262 g/mol. The molecule has 1 rings (SSSR count). The van der Waals surface area contributed by atoms with Crippen LogP contribution in [-0.2, 0) is 10.0 Å². The van der Waals surface area contributed by atoms with Crippen molar-refractivity contribution in [3.63, 3.8) is 0 Å². The normalized spacial score (nSPS) is 20.3. The number of guanidine groups is 1. The fourth-order valence-corrected chi connectivity index (χ4v) is 2.75. The number of hydrogen-bond acceptors (Lipinski definition) is 3. The van der Waals surface area contributed by atoms with Crippen LogP contribution in [0, 0.1) is 0 Å². The summed E-state index contributed by atoms with van der Waals surface area (Å²) >= 11 is 0. The van der Waals surface area contributed by atoms with E-state index in [4.69, 9.17) is 0 Å². The molecule has 1 heterocycles. The van der Waals surface area contributed by atoms with Crippen LogP contribution in [0.25, 0.3) is 0 Å². The molecule has 0 aliphatic carbocycles. The molecule has 0 radical (unpaired) electrons. The monoisotopic (exact) mass is 262 g/mol. The first-order valence-corrected chi connectivity index (χ1v) is 7.76. The predicted molar refractivity (Wildman–Crippen MR) is 69.6 cm³/mol. The zero-order chi connectivity index (χ0) is 12.9. The minimum absolute atomic E-state index is 0.297. The summed E-state index contributed by atoms with van der Waals surface area (Å²) in [4.78, 5) is 4.27. The average Bonchev–Trinajstić information content (AvgIpc) is 2.28. The second-order valence-corrected chi connectivity index (χ2v) is 6.14. The van der Waals surface area contributed by atoms with Gasteiger partial charge in [0.25, 0.3) is 0 Å². The van der Waals surface area contributed by atoms with Crippen LogP contribution in [0.4, 0.5) is 0 Å². The number of nitrogens with zero attached hydrogens (tertiary/aromatic N) is 2. The quantitative estimate of drug-likeness (QED) is 0.536. The Labute approximate surface area is 104 Å². The van der Waals surface area contributed by atoms with Gasteiger partial charge in [-0.1, -0.05) is 0 Å². The van der Waals surface area contributed by atoms with Crippen LogP contribution in [0.3, 0.4) is 0 Å². The summed E-state index contributed by atoms with van der Waals surface area (Å²) in [6.45, 7) is 3.87. The first kappa shape index (κ1) is 14.2. The molecular weight excluding hydrogens is 240 g/mol. The molecule has 0 aromatic rings. The zero-order valence-corrected chi connectivity index (χ0v) is 11.5. The molecule has 0 spiro atoms. The fourth-order valence-electron chi connectivity index (χ4n) is 1.88. The molecule has 100 valence electrons. The molecule has 1 saturated heterocycles. The summed E-state index contributed by atoms with van der Waals surface area (Å²) in [7, 11) is -1.21. The van der Waals surface area contributed by atoms with E-state index in [0.717, 1.165) is 25.3 Å². The van der Waals surface area contributed by atoms with Crippen LogP contribution < -0.4 is 10.6 Å². The summed E-state index contributed by atoms with van der Waals surface area (Å²) in [5.41, 5.74) is 0. The Bertz CT molecular complexity index is 359. The standard InChI is InChI=1S/C10H22N4O2S/c1-4-12-10(11-2)13-9-5-7-14(8-6-9)17(3,15)16/h9H,4-8H2,1-3H3,(H2,11,12,13). The molecule has 6 nitrogen and oxygen atoms in total. The highest BCUT2D eigenvalue weighted by Gasteiger charge is 2.24. The first-order valence-electron chi connectivity index (χ1n) is 5.91. The van der Waals surface area contributed by atoms with E-state index in [1.807, 2.05) is 14.0 Å². The van der Waals surface area contributed by atoms with Gasteiger partial charge in [-0.05, 0) is 19.8 Å². The van der Waals surface area contributed by atoms with Gasteiger partial charge in [0.2, 0.25) is 10.0 Å². The fraction of sp³-hybridized carbons (Fsp3) is 0.900. The SMILES string of the molecule is CC/N=C(\NC)NC1CCN(S(C)(=O)=O)CC1. The van der Waals surface area contributed by atoms with Crippen molar-refractivity contribution in [1.29, 1.82) is 0 Å². The molecule has 1 fully saturated rings. The molecule has 0 atom stereocenters. The van der Waals surface area contributed by atoms with E-state index in [9.17, 15) is 8.42 Å². The molecule has 0 aromatic carbocycles. The van der Waals surface area contributed by atoms with Gasteiger partial charge >= 0.3 is 0 Å². The van der Waals surface area contributed by atoms with E-state index in [1.165, 1.54) is 10.6 Å². The van der Waals surface area contributed by atoms with E-state index in [0.29, 0.717) is 19.1 Å². The molecule has 1 aliphatic heterocycles. The van der Waals surface area contributed by atoms with E-state index >= 15 is 0 Å². The maximum atomic E-state index is 11.3. The summed E-state index contributed by atoms with van der Waals surface area (Å²) in [5, 5.41) is 6.29. The molecule has 7 heteroatoms. The lowest BCUT2D eigenvalue weighted by molar-refractivity contribution is 0.308. The smallest absolute Gasteiger partial charge is 0.211 e. The van der Waals surface area contributed by atoms with E-state index in [2.05, 4.69) is 15.6 Å². The van der Waals surface area contributed by atoms with Crippen LogP contribution in [0.15, 0.2) is 4.99 Å². The van der Waals surface area contributed by atoms with Gasteiger partial charge in [0.1, 0.15) is 0 Å². The summed E-state index contributed by atoms with van der Waals surface area (Å²) in [5.74, 6) is 0.783. The lowest BCUT2D eigenvalue weighted by Gasteiger charge is -2.31. The van der Waals surface area contributed by atoms with E-state index in [1.54, 1.807) is 0 Å². The van der Waals surface area contributed by atoms with Gasteiger partial charge in [-0.15, -0.1) is 0 Å². The summed E-state index contributed by atoms with van der Waals surface area (Å²) < 4.78 is 24.2. The second-order valence-electron chi connectivity index (χ2n) is 4.15. The summed E-state index contributed by atoms with van der Waals surface area (Å²) in [6.07, 6.45) is 2.90. The predicted octanol–water partition coefficient (Wildman–Crippen LogP) is -0.405. The van der Waals surface area contributed by atoms with Gasteiger partial charge in [0.05, 0.1) is 6.26 Å². The Morgan fingerprint density at radius 1 is 1.41 bits per heavy atom. The van der Waals surface area contributed by atoms with Crippen molar-refractivity contribution >= 4 is 16.0 Å². The molecule has 0 bridgehead atoms. The maximum Gasteiger partial charge on any atom is 0.211 e. The van der Waals surface area contributed by atoms with Crippen molar-refractivity contribution in [3.05, 3.63) is 0 Å². The van der Waals surface area contributed by atoms with Crippen molar-refractivity contribution in [3.8, 4) is 0 Å². The third-order valence-electron chi connectivity index (χ3n) is 2.82. The second kappa shape index (κ2) is 6.20. The van der Waals surface area contributed by atoms with Gasteiger partial charge in [-0.3, -0.25) is 4.99 Å². The van der Waals surface area contributed by atoms with Gasteiger partial charge in [-0.2, -0.15) is 0 Å². The van der Waals surface area contributed by atoms with Crippen molar-refractivity contribution in [1.82, 2.24) is 14.9 Å². The van der Waals surface area contributed by atoms with Gasteiger partial charge in [0, 0.05) is 32.7 Å². The first-order chi connectivity index (χ1) is 7.97. The number of rotatable bonds is 3. The topological polar surface area (TPSA) is 73.8 Å². The highest BCUT2D eigenvalue weighted by atomic mass is 32.2. The number of aliphatic imine (C=N–C) groups is 1. The number of piperidine rings is 1. The van der Waals surface area contributed by atoms with E-state index < -0.39 is 10.0 Å². The largest absolute Gasteiger partial charge is 0.359 e. The minimum Gasteiger partial charge on any atom is -0.359 e. The van der Waals surface area contributed by atoms with Crippen molar-refractivity contribution in [2.75, 3.05) is 32.9 Å².